The largest absolute Gasteiger partial charge is 0.479 e. The quantitative estimate of drug-likeness (QED) is 0.439. The Morgan fingerprint density at radius 3 is 2.79 bits per heavy atom. The zero-order valence-corrected chi connectivity index (χ0v) is 9.91. The van der Waals surface area contributed by atoms with Gasteiger partial charge in [0.2, 0.25) is 5.54 Å². The lowest BCUT2D eigenvalue weighted by atomic mass is 9.93. The standard InChI is InChI=1S/C12H12N2O5/c1-2-6-19-11(18)14-12(8-15,10(16)17)9-4-3-5-13-7-9/h2-5,7-8H,1,6H2,(H,14,18)(H,16,17). The second kappa shape index (κ2) is 6.29. The molecule has 0 fully saturated rings. The summed E-state index contributed by atoms with van der Waals surface area (Å²) in [6, 6.07) is 2.82. The molecular weight excluding hydrogens is 252 g/mol. The van der Waals surface area contributed by atoms with E-state index in [-0.39, 0.29) is 18.5 Å². The summed E-state index contributed by atoms with van der Waals surface area (Å²) >= 11 is 0. The molecule has 0 bridgehead atoms. The SMILES string of the molecule is C=CCOC(=O)NC(C=O)(C(=O)O)c1cccnc1. The van der Waals surface area contributed by atoms with E-state index in [1.54, 1.807) is 0 Å². The van der Waals surface area contributed by atoms with Gasteiger partial charge in [-0.15, -0.1) is 0 Å². The van der Waals surface area contributed by atoms with Crippen LogP contribution in [0.25, 0.3) is 0 Å². The second-order valence-corrected chi connectivity index (χ2v) is 3.48. The number of hydrogen-bond donors (Lipinski definition) is 2. The van der Waals surface area contributed by atoms with E-state index in [0.717, 1.165) is 0 Å². The number of carbonyl (C=O) groups is 3. The van der Waals surface area contributed by atoms with Gasteiger partial charge in [0.1, 0.15) is 6.61 Å². The van der Waals surface area contributed by atoms with Crippen molar-refractivity contribution in [2.24, 2.45) is 0 Å². The fourth-order valence-corrected chi connectivity index (χ4v) is 1.32. The van der Waals surface area contributed by atoms with E-state index >= 15 is 0 Å². The van der Waals surface area contributed by atoms with Crippen LogP contribution in [0, 0.1) is 0 Å². The highest BCUT2D eigenvalue weighted by molar-refractivity contribution is 6.01. The van der Waals surface area contributed by atoms with Crippen molar-refractivity contribution in [2.75, 3.05) is 6.61 Å². The zero-order chi connectivity index (χ0) is 14.3. The number of carboxylic acids is 1. The molecule has 7 heteroatoms. The van der Waals surface area contributed by atoms with Crippen LogP contribution in [0.5, 0.6) is 0 Å². The van der Waals surface area contributed by atoms with Crippen LogP contribution in [0.3, 0.4) is 0 Å². The van der Waals surface area contributed by atoms with E-state index in [1.807, 2.05) is 5.32 Å². The highest BCUT2D eigenvalue weighted by Gasteiger charge is 2.43. The molecule has 0 saturated carbocycles. The van der Waals surface area contributed by atoms with Gasteiger partial charge in [0, 0.05) is 18.0 Å². The smallest absolute Gasteiger partial charge is 0.408 e. The molecule has 1 heterocycles. The highest BCUT2D eigenvalue weighted by Crippen LogP contribution is 2.18. The van der Waals surface area contributed by atoms with Crippen LogP contribution in [0.2, 0.25) is 0 Å². The van der Waals surface area contributed by atoms with Crippen molar-refractivity contribution >= 4 is 18.3 Å². The Balaban J connectivity index is 3.07. The number of ether oxygens (including phenoxy) is 1. The van der Waals surface area contributed by atoms with E-state index < -0.39 is 17.6 Å². The van der Waals surface area contributed by atoms with Gasteiger partial charge in [-0.2, -0.15) is 0 Å². The second-order valence-electron chi connectivity index (χ2n) is 3.48. The Morgan fingerprint density at radius 1 is 1.58 bits per heavy atom. The molecule has 0 radical (unpaired) electrons. The van der Waals surface area contributed by atoms with Crippen LogP contribution in [-0.4, -0.2) is 35.0 Å². The van der Waals surface area contributed by atoms with Gasteiger partial charge in [-0.3, -0.25) is 15.1 Å². The number of carboxylic acid groups (broad SMARTS) is 1. The number of aldehydes is 1. The molecule has 1 amide bonds. The maximum Gasteiger partial charge on any atom is 0.408 e. The molecular formula is C12H12N2O5. The van der Waals surface area contributed by atoms with Crippen LogP contribution >= 0.6 is 0 Å². The van der Waals surface area contributed by atoms with Crippen molar-refractivity contribution in [3.05, 3.63) is 42.7 Å². The molecule has 0 aliphatic heterocycles. The lowest BCUT2D eigenvalue weighted by Gasteiger charge is -2.24. The monoisotopic (exact) mass is 264 g/mol. The van der Waals surface area contributed by atoms with Crippen molar-refractivity contribution < 1.29 is 24.2 Å². The number of aromatic nitrogens is 1. The Bertz CT molecular complexity index is 488. The molecule has 1 aromatic heterocycles. The molecule has 0 spiro atoms. The third kappa shape index (κ3) is 3.15. The first-order valence-electron chi connectivity index (χ1n) is 5.23. The summed E-state index contributed by atoms with van der Waals surface area (Å²) in [6.45, 7) is 3.24. The van der Waals surface area contributed by atoms with E-state index in [1.165, 1.54) is 30.6 Å². The summed E-state index contributed by atoms with van der Waals surface area (Å²) in [6.07, 6.45) is 2.97. The number of pyridine rings is 1. The Hall–Kier alpha value is -2.70. The average molecular weight is 264 g/mol. The minimum atomic E-state index is -2.23. The molecule has 0 aromatic carbocycles. The van der Waals surface area contributed by atoms with Crippen molar-refractivity contribution in [1.82, 2.24) is 10.3 Å². The molecule has 0 aliphatic rings. The van der Waals surface area contributed by atoms with Gasteiger partial charge in [-0.1, -0.05) is 18.7 Å². The van der Waals surface area contributed by atoms with E-state index in [4.69, 9.17) is 0 Å². The van der Waals surface area contributed by atoms with E-state index in [2.05, 4.69) is 16.3 Å². The van der Waals surface area contributed by atoms with Crippen LogP contribution in [0.4, 0.5) is 4.79 Å². The van der Waals surface area contributed by atoms with Crippen molar-refractivity contribution in [3.8, 4) is 0 Å². The number of alkyl carbamates (subject to hydrolysis) is 1. The molecule has 19 heavy (non-hydrogen) atoms. The van der Waals surface area contributed by atoms with Gasteiger partial charge in [-0.25, -0.2) is 9.59 Å². The highest BCUT2D eigenvalue weighted by atomic mass is 16.5. The number of nitrogens with zero attached hydrogens (tertiary/aromatic N) is 1. The molecule has 1 unspecified atom stereocenters. The molecule has 0 aliphatic carbocycles. The van der Waals surface area contributed by atoms with Crippen LogP contribution in [-0.2, 0) is 19.9 Å². The summed E-state index contributed by atoms with van der Waals surface area (Å²) in [5.74, 6) is -1.54. The van der Waals surface area contributed by atoms with Crippen molar-refractivity contribution in [1.29, 1.82) is 0 Å². The number of carbonyl (C=O) groups excluding carboxylic acids is 2. The van der Waals surface area contributed by atoms with E-state index in [0.29, 0.717) is 0 Å². The third-order valence-electron chi connectivity index (χ3n) is 2.26. The number of hydrogen-bond acceptors (Lipinski definition) is 5. The lowest BCUT2D eigenvalue weighted by Crippen LogP contribution is -2.53. The summed E-state index contributed by atoms with van der Waals surface area (Å²) in [4.78, 5) is 37.6. The number of amides is 1. The molecule has 2 N–H and O–H groups in total. The number of nitrogens with one attached hydrogen (secondary N) is 1. The number of aliphatic carboxylic acids is 1. The summed E-state index contributed by atoms with van der Waals surface area (Å²) in [7, 11) is 0. The maximum atomic E-state index is 11.4. The summed E-state index contributed by atoms with van der Waals surface area (Å²) in [5.41, 5.74) is -2.21. The van der Waals surface area contributed by atoms with Crippen LogP contribution < -0.4 is 5.32 Å². The first kappa shape index (κ1) is 14.4. The summed E-state index contributed by atoms with van der Waals surface area (Å²) < 4.78 is 4.61. The Kier molecular flexibility index (Phi) is 4.76. The molecule has 100 valence electrons. The molecule has 7 nitrogen and oxygen atoms in total. The van der Waals surface area contributed by atoms with Crippen molar-refractivity contribution in [3.63, 3.8) is 0 Å². The lowest BCUT2D eigenvalue weighted by molar-refractivity contribution is -0.147. The van der Waals surface area contributed by atoms with Gasteiger partial charge in [-0.05, 0) is 6.07 Å². The Morgan fingerprint density at radius 2 is 2.32 bits per heavy atom. The van der Waals surface area contributed by atoms with Crippen LogP contribution in [0.1, 0.15) is 5.56 Å². The predicted octanol–water partition coefficient (Wildman–Crippen LogP) is 0.473. The van der Waals surface area contributed by atoms with Crippen LogP contribution in [0.15, 0.2) is 37.2 Å². The molecule has 0 saturated heterocycles. The fourth-order valence-electron chi connectivity index (χ4n) is 1.32. The normalized spacial score (nSPS) is 12.8. The number of rotatable bonds is 6. The minimum Gasteiger partial charge on any atom is -0.479 e. The van der Waals surface area contributed by atoms with Crippen molar-refractivity contribution in [2.45, 2.75) is 5.54 Å². The fraction of sp³-hybridized carbons (Fsp3) is 0.167. The first-order chi connectivity index (χ1) is 9.06. The van der Waals surface area contributed by atoms with Gasteiger partial charge in [0.15, 0.2) is 6.29 Å². The van der Waals surface area contributed by atoms with Gasteiger partial charge in [0.25, 0.3) is 0 Å². The summed E-state index contributed by atoms with van der Waals surface area (Å²) in [5, 5.41) is 11.2. The maximum absolute atomic E-state index is 11.4. The first-order valence-corrected chi connectivity index (χ1v) is 5.23. The van der Waals surface area contributed by atoms with E-state index in [9.17, 15) is 19.5 Å². The topological polar surface area (TPSA) is 106 Å². The molecule has 1 rings (SSSR count). The van der Waals surface area contributed by atoms with Gasteiger partial charge < -0.3 is 9.84 Å². The third-order valence-corrected chi connectivity index (χ3v) is 2.26. The zero-order valence-electron chi connectivity index (χ0n) is 9.91. The average Bonchev–Trinajstić information content (AvgIpc) is 2.43. The molecule has 1 atom stereocenters. The predicted molar refractivity (Wildman–Crippen MR) is 64.3 cm³/mol. The minimum absolute atomic E-state index is 0.0213. The van der Waals surface area contributed by atoms with Gasteiger partial charge >= 0.3 is 12.1 Å². The van der Waals surface area contributed by atoms with Gasteiger partial charge in [0.05, 0.1) is 0 Å². The molecule has 1 aromatic rings. The Labute approximate surface area is 108 Å².